The summed E-state index contributed by atoms with van der Waals surface area (Å²) in [5, 5.41) is 6.15. The van der Waals surface area contributed by atoms with Crippen LogP contribution in [0.5, 0.6) is 0 Å². The van der Waals surface area contributed by atoms with Gasteiger partial charge in [-0.3, -0.25) is 19.5 Å². The molecule has 4 fully saturated rings. The molecule has 1 aromatic carbocycles. The Labute approximate surface area is 209 Å². The lowest BCUT2D eigenvalue weighted by atomic mass is 9.53. The van der Waals surface area contributed by atoms with E-state index in [0.717, 1.165) is 19.3 Å². The summed E-state index contributed by atoms with van der Waals surface area (Å²) in [6.07, 6.45) is 7.61. The van der Waals surface area contributed by atoms with E-state index in [2.05, 4.69) is 15.6 Å². The number of imide groups is 1. The predicted molar refractivity (Wildman–Crippen MR) is 135 cm³/mol. The van der Waals surface area contributed by atoms with Crippen LogP contribution in [-0.4, -0.2) is 46.0 Å². The highest BCUT2D eigenvalue weighted by Gasteiger charge is 2.51. The lowest BCUT2D eigenvalue weighted by Crippen LogP contribution is -2.62. The minimum atomic E-state index is -0.598. The first kappa shape index (κ1) is 24.3. The Balaban J connectivity index is 1.26. The van der Waals surface area contributed by atoms with Crippen LogP contribution in [0.2, 0.25) is 0 Å². The molecule has 6 rings (SSSR count). The molecule has 9 heteroatoms. The van der Waals surface area contributed by atoms with Gasteiger partial charge >= 0.3 is 6.03 Å². The number of amides is 3. The van der Waals surface area contributed by atoms with E-state index in [1.807, 2.05) is 12.1 Å². The number of para-hydroxylation sites is 1. The Hall–Kier alpha value is -2.39. The van der Waals surface area contributed by atoms with Gasteiger partial charge in [-0.1, -0.05) is 23.9 Å². The Kier molecular flexibility index (Phi) is 6.90. The van der Waals surface area contributed by atoms with Crippen LogP contribution < -0.4 is 16.2 Å². The third kappa shape index (κ3) is 5.11. The fourth-order valence-electron chi connectivity index (χ4n) is 6.76. The maximum absolute atomic E-state index is 13.1. The summed E-state index contributed by atoms with van der Waals surface area (Å²) in [7, 11) is 1.62. The van der Waals surface area contributed by atoms with Crippen molar-refractivity contribution in [3.8, 4) is 0 Å². The fraction of sp³-hybridized carbons (Fsp3) is 0.615. The second-order valence-electron chi connectivity index (χ2n) is 10.6. The molecular formula is C26H34N4O4S. The molecule has 4 aliphatic carbocycles. The van der Waals surface area contributed by atoms with Crippen molar-refractivity contribution in [3.05, 3.63) is 34.6 Å². The number of carbonyl (C=O) groups is 2. The summed E-state index contributed by atoms with van der Waals surface area (Å²) in [5.74, 6) is 1.74. The van der Waals surface area contributed by atoms with Crippen molar-refractivity contribution in [2.24, 2.45) is 17.8 Å². The first-order valence-electron chi connectivity index (χ1n) is 12.6. The van der Waals surface area contributed by atoms with Crippen LogP contribution in [0.4, 0.5) is 4.79 Å². The van der Waals surface area contributed by atoms with Crippen molar-refractivity contribution < 1.29 is 14.3 Å². The number of methoxy groups -OCH3 is 1. The zero-order valence-electron chi connectivity index (χ0n) is 20.4. The third-order valence-corrected chi connectivity index (χ3v) is 8.95. The van der Waals surface area contributed by atoms with Gasteiger partial charge in [-0.25, -0.2) is 9.78 Å². The second kappa shape index (κ2) is 9.93. The first-order valence-corrected chi connectivity index (χ1v) is 13.5. The van der Waals surface area contributed by atoms with Gasteiger partial charge < -0.3 is 10.1 Å². The SMILES string of the molecule is COCCCn1c(S[C@H](C)C(=O)NC(=O)NC23CC4CC(CC(C4)C2)C3)nc2ccccc2c1=O. The molecule has 0 radical (unpaired) electrons. The molecule has 4 saturated carbocycles. The average Bonchev–Trinajstić information content (AvgIpc) is 2.79. The molecule has 8 nitrogen and oxygen atoms in total. The average molecular weight is 499 g/mol. The van der Waals surface area contributed by atoms with E-state index in [4.69, 9.17) is 4.74 Å². The first-order chi connectivity index (χ1) is 16.9. The minimum Gasteiger partial charge on any atom is -0.385 e. The van der Waals surface area contributed by atoms with Crippen molar-refractivity contribution in [3.63, 3.8) is 0 Å². The van der Waals surface area contributed by atoms with Crippen LogP contribution in [0.3, 0.4) is 0 Å². The number of benzene rings is 1. The number of carbonyl (C=O) groups excluding carboxylic acids is 2. The summed E-state index contributed by atoms with van der Waals surface area (Å²) in [4.78, 5) is 43.6. The number of ether oxygens (including phenoxy) is 1. The molecule has 2 N–H and O–H groups in total. The quantitative estimate of drug-likeness (QED) is 0.327. The molecule has 1 atom stereocenters. The third-order valence-electron chi connectivity index (χ3n) is 7.86. The molecule has 0 saturated heterocycles. The zero-order chi connectivity index (χ0) is 24.6. The topological polar surface area (TPSA) is 102 Å². The summed E-state index contributed by atoms with van der Waals surface area (Å²) >= 11 is 1.20. The van der Waals surface area contributed by atoms with Crippen molar-refractivity contribution in [1.82, 2.24) is 20.2 Å². The minimum absolute atomic E-state index is 0.138. The van der Waals surface area contributed by atoms with E-state index < -0.39 is 11.3 Å². The van der Waals surface area contributed by atoms with E-state index in [1.54, 1.807) is 30.7 Å². The van der Waals surface area contributed by atoms with Crippen molar-refractivity contribution in [2.75, 3.05) is 13.7 Å². The molecular weight excluding hydrogens is 464 g/mol. The molecule has 35 heavy (non-hydrogen) atoms. The van der Waals surface area contributed by atoms with Crippen molar-refractivity contribution in [1.29, 1.82) is 0 Å². The molecule has 3 amide bonds. The number of urea groups is 1. The Morgan fingerprint density at radius 3 is 2.49 bits per heavy atom. The highest BCUT2D eigenvalue weighted by molar-refractivity contribution is 8.00. The van der Waals surface area contributed by atoms with Crippen molar-refractivity contribution in [2.45, 2.75) is 74.4 Å². The summed E-state index contributed by atoms with van der Waals surface area (Å²) in [5.41, 5.74) is 0.300. The number of aromatic nitrogens is 2. The number of nitrogens with zero attached hydrogens (tertiary/aromatic N) is 2. The summed E-state index contributed by atoms with van der Waals surface area (Å²) in [6.45, 7) is 2.69. The maximum atomic E-state index is 13.1. The van der Waals surface area contributed by atoms with Gasteiger partial charge in [-0.15, -0.1) is 0 Å². The smallest absolute Gasteiger partial charge is 0.321 e. The Bertz CT molecular complexity index is 1140. The van der Waals surface area contributed by atoms with E-state index in [9.17, 15) is 14.4 Å². The van der Waals surface area contributed by atoms with Crippen LogP contribution in [0.1, 0.15) is 51.9 Å². The number of nitrogens with one attached hydrogen (secondary N) is 2. The van der Waals surface area contributed by atoms with Crippen LogP contribution in [0.15, 0.2) is 34.2 Å². The highest BCUT2D eigenvalue weighted by Crippen LogP contribution is 2.55. The van der Waals surface area contributed by atoms with E-state index in [0.29, 0.717) is 53.4 Å². The summed E-state index contributed by atoms with van der Waals surface area (Å²) in [6, 6.07) is 6.80. The standard InChI is InChI=1S/C26H34N4O4S/c1-16(22(31)28-24(33)29-26-13-17-10-18(14-26)12-19(11-17)15-26)35-25-27-21-7-4-3-6-20(21)23(32)30(25)8-5-9-34-2/h3-4,6-7,16-19H,5,8-15H2,1-2H3,(H2,28,29,31,33)/t16-,17?,18?,19?,26?/m1/s1. The Morgan fingerprint density at radius 1 is 1.17 bits per heavy atom. The normalized spacial score (nSPS) is 27.7. The second-order valence-corrected chi connectivity index (χ2v) is 11.9. The molecule has 1 aromatic heterocycles. The molecule has 2 aromatic rings. The molecule has 0 aliphatic heterocycles. The van der Waals surface area contributed by atoms with Crippen LogP contribution in [0.25, 0.3) is 10.9 Å². The number of hydrogen-bond donors (Lipinski definition) is 2. The van der Waals surface area contributed by atoms with Gasteiger partial charge in [-0.05, 0) is 81.8 Å². The molecule has 0 spiro atoms. The lowest BCUT2D eigenvalue weighted by Gasteiger charge is -2.56. The van der Waals surface area contributed by atoms with Gasteiger partial charge in [0.2, 0.25) is 5.91 Å². The lowest BCUT2D eigenvalue weighted by molar-refractivity contribution is -0.119. The Morgan fingerprint density at radius 2 is 1.83 bits per heavy atom. The predicted octanol–water partition coefficient (Wildman–Crippen LogP) is 3.71. The molecule has 4 bridgehead atoms. The van der Waals surface area contributed by atoms with Crippen LogP contribution in [0, 0.1) is 17.8 Å². The van der Waals surface area contributed by atoms with Crippen LogP contribution in [-0.2, 0) is 16.1 Å². The van der Waals surface area contributed by atoms with Gasteiger partial charge in [0.15, 0.2) is 5.16 Å². The highest BCUT2D eigenvalue weighted by atomic mass is 32.2. The molecule has 4 aliphatic rings. The monoisotopic (exact) mass is 498 g/mol. The van der Waals surface area contributed by atoms with Crippen molar-refractivity contribution >= 4 is 34.6 Å². The fourth-order valence-corrected chi connectivity index (χ4v) is 7.70. The van der Waals surface area contributed by atoms with Gasteiger partial charge in [0.1, 0.15) is 0 Å². The molecule has 1 heterocycles. The summed E-state index contributed by atoms with van der Waals surface area (Å²) < 4.78 is 6.74. The number of fused-ring (bicyclic) bond motifs is 1. The molecule has 0 unspecified atom stereocenters. The molecule has 188 valence electrons. The maximum Gasteiger partial charge on any atom is 0.321 e. The van der Waals surface area contributed by atoms with Gasteiger partial charge in [0.05, 0.1) is 16.2 Å². The number of thioether (sulfide) groups is 1. The van der Waals surface area contributed by atoms with E-state index in [-0.39, 0.29) is 17.0 Å². The van der Waals surface area contributed by atoms with Gasteiger partial charge in [-0.2, -0.15) is 0 Å². The van der Waals surface area contributed by atoms with E-state index >= 15 is 0 Å². The zero-order valence-corrected chi connectivity index (χ0v) is 21.2. The number of rotatable bonds is 8. The van der Waals surface area contributed by atoms with Gasteiger partial charge in [0.25, 0.3) is 5.56 Å². The van der Waals surface area contributed by atoms with E-state index in [1.165, 1.54) is 31.0 Å². The number of hydrogen-bond acceptors (Lipinski definition) is 6. The van der Waals surface area contributed by atoms with Gasteiger partial charge in [0, 0.05) is 25.8 Å². The van der Waals surface area contributed by atoms with Crippen LogP contribution >= 0.6 is 11.8 Å². The largest absolute Gasteiger partial charge is 0.385 e.